The number of oxazole rings is 1. The maximum atomic E-state index is 13.3. The Bertz CT molecular complexity index is 1320. The summed E-state index contributed by atoms with van der Waals surface area (Å²) in [4.78, 5) is 24.4. The number of hydrogen-bond donors (Lipinski definition) is 1. The molecule has 1 N–H and O–H groups in total. The summed E-state index contributed by atoms with van der Waals surface area (Å²) < 4.78 is 24.2. The predicted octanol–water partition coefficient (Wildman–Crippen LogP) is 4.23. The maximum Gasteiger partial charge on any atom is 0.251 e. The Balaban J connectivity index is 1.36. The fourth-order valence-electron chi connectivity index (χ4n) is 4.38. The van der Waals surface area contributed by atoms with Gasteiger partial charge in [-0.05, 0) is 69.4 Å². The van der Waals surface area contributed by atoms with Crippen molar-refractivity contribution >= 4 is 5.91 Å². The summed E-state index contributed by atoms with van der Waals surface area (Å²) in [5, 5.41) is 7.04. The molecular weight excluding hydrogens is 449 g/mol. The van der Waals surface area contributed by atoms with Gasteiger partial charge >= 0.3 is 0 Å². The number of carbonyl (C=O) groups excluding carboxylic acids is 1. The van der Waals surface area contributed by atoms with E-state index in [1.807, 2.05) is 6.07 Å². The quantitative estimate of drug-likeness (QED) is 0.446. The van der Waals surface area contributed by atoms with Gasteiger partial charge in [-0.3, -0.25) is 4.79 Å². The molecule has 180 valence electrons. The largest absolute Gasteiger partial charge is 0.444 e. The molecular formula is C26H26FN5O3. The van der Waals surface area contributed by atoms with E-state index in [-0.39, 0.29) is 17.1 Å². The molecule has 2 aromatic heterocycles. The lowest BCUT2D eigenvalue weighted by Gasteiger charge is -2.39. The van der Waals surface area contributed by atoms with Crippen molar-refractivity contribution in [1.29, 1.82) is 0 Å². The minimum atomic E-state index is -0.369. The second-order valence-electron chi connectivity index (χ2n) is 9.03. The van der Waals surface area contributed by atoms with Crippen molar-refractivity contribution in [3.8, 4) is 22.8 Å². The number of benzene rings is 2. The molecule has 0 bridgehead atoms. The molecule has 0 aliphatic carbocycles. The minimum absolute atomic E-state index is 0.187. The number of amides is 1. The lowest BCUT2D eigenvalue weighted by atomic mass is 9.76. The maximum absolute atomic E-state index is 13.3. The number of aromatic nitrogens is 3. The summed E-state index contributed by atoms with van der Waals surface area (Å²) in [7, 11) is 2.08. The molecule has 0 spiro atoms. The van der Waals surface area contributed by atoms with Crippen LogP contribution in [-0.2, 0) is 5.41 Å². The zero-order valence-electron chi connectivity index (χ0n) is 19.6. The molecule has 1 amide bonds. The van der Waals surface area contributed by atoms with Gasteiger partial charge in [0.05, 0.1) is 5.69 Å². The monoisotopic (exact) mass is 475 g/mol. The highest BCUT2D eigenvalue weighted by molar-refractivity contribution is 5.95. The highest BCUT2D eigenvalue weighted by Gasteiger charge is 2.38. The first-order valence-corrected chi connectivity index (χ1v) is 11.5. The zero-order chi connectivity index (χ0) is 24.4. The third-order valence-electron chi connectivity index (χ3n) is 6.58. The summed E-state index contributed by atoms with van der Waals surface area (Å²) in [5.74, 6) is 0.848. The number of halogens is 1. The van der Waals surface area contributed by atoms with Gasteiger partial charge in [-0.25, -0.2) is 9.37 Å². The number of rotatable bonds is 6. The van der Waals surface area contributed by atoms with Crippen LogP contribution >= 0.6 is 0 Å². The van der Waals surface area contributed by atoms with Crippen molar-refractivity contribution in [1.82, 2.24) is 25.3 Å². The molecule has 2 aromatic carbocycles. The van der Waals surface area contributed by atoms with E-state index < -0.39 is 0 Å². The Kier molecular flexibility index (Phi) is 6.17. The fourth-order valence-corrected chi connectivity index (χ4v) is 4.38. The number of piperidine rings is 1. The molecule has 3 heterocycles. The van der Waals surface area contributed by atoms with Gasteiger partial charge in [0.1, 0.15) is 12.1 Å². The Hall–Kier alpha value is -3.85. The summed E-state index contributed by atoms with van der Waals surface area (Å²) in [6.45, 7) is 3.89. The van der Waals surface area contributed by atoms with Crippen LogP contribution in [0, 0.1) is 12.7 Å². The Morgan fingerprint density at radius 2 is 1.89 bits per heavy atom. The van der Waals surface area contributed by atoms with Crippen LogP contribution in [0.3, 0.4) is 0 Å². The van der Waals surface area contributed by atoms with Crippen LogP contribution in [0.2, 0.25) is 0 Å². The number of nitrogens with one attached hydrogen (secondary N) is 1. The molecule has 1 aliphatic rings. The smallest absolute Gasteiger partial charge is 0.251 e. The standard InChI is InChI=1S/C26H26FN5O3/c1-17-29-23(31-35-17)19-4-3-5-20(14-19)24(33)28-16-26(10-12-32(2)13-11-26)22-15-34-25(30-22)18-6-8-21(27)9-7-18/h3-9,14-15H,10-13,16H2,1-2H3,(H,28,33). The predicted molar refractivity (Wildman–Crippen MR) is 127 cm³/mol. The zero-order valence-corrected chi connectivity index (χ0v) is 19.6. The Labute approximate surface area is 202 Å². The van der Waals surface area contributed by atoms with Crippen LogP contribution in [0.4, 0.5) is 4.39 Å². The Morgan fingerprint density at radius 1 is 1.11 bits per heavy atom. The van der Waals surface area contributed by atoms with E-state index in [1.165, 1.54) is 12.1 Å². The lowest BCUT2D eigenvalue weighted by molar-refractivity contribution is 0.0926. The van der Waals surface area contributed by atoms with Crippen LogP contribution in [0.1, 0.15) is 34.8 Å². The molecule has 0 unspecified atom stereocenters. The van der Waals surface area contributed by atoms with Gasteiger partial charge in [-0.1, -0.05) is 17.3 Å². The molecule has 1 saturated heterocycles. The van der Waals surface area contributed by atoms with Crippen LogP contribution in [0.25, 0.3) is 22.8 Å². The van der Waals surface area contributed by atoms with Gasteiger partial charge in [0, 0.05) is 35.6 Å². The number of hydrogen-bond acceptors (Lipinski definition) is 7. The molecule has 1 aliphatic heterocycles. The van der Waals surface area contributed by atoms with Crippen molar-refractivity contribution < 1.29 is 18.1 Å². The van der Waals surface area contributed by atoms with Crippen molar-refractivity contribution in [3.05, 3.63) is 77.8 Å². The van der Waals surface area contributed by atoms with E-state index >= 15 is 0 Å². The fraction of sp³-hybridized carbons (Fsp3) is 0.308. The molecule has 1 fully saturated rings. The van der Waals surface area contributed by atoms with Gasteiger partial charge < -0.3 is 19.2 Å². The van der Waals surface area contributed by atoms with Crippen LogP contribution in [0.15, 0.2) is 63.7 Å². The normalized spacial score (nSPS) is 15.7. The van der Waals surface area contributed by atoms with Crippen molar-refractivity contribution in [2.75, 3.05) is 26.7 Å². The summed E-state index contributed by atoms with van der Waals surface area (Å²) in [6.07, 6.45) is 3.30. The molecule has 0 atom stereocenters. The van der Waals surface area contributed by atoms with Crippen molar-refractivity contribution in [3.63, 3.8) is 0 Å². The van der Waals surface area contributed by atoms with E-state index in [2.05, 4.69) is 27.4 Å². The van der Waals surface area contributed by atoms with E-state index in [0.717, 1.165) is 31.6 Å². The molecule has 9 heteroatoms. The van der Waals surface area contributed by atoms with E-state index in [0.29, 0.717) is 40.8 Å². The van der Waals surface area contributed by atoms with E-state index in [1.54, 1.807) is 43.5 Å². The number of carbonyl (C=O) groups is 1. The second kappa shape index (κ2) is 9.42. The number of nitrogens with zero attached hydrogens (tertiary/aromatic N) is 4. The van der Waals surface area contributed by atoms with Crippen LogP contribution in [-0.4, -0.2) is 52.6 Å². The minimum Gasteiger partial charge on any atom is -0.444 e. The topological polar surface area (TPSA) is 97.3 Å². The average Bonchev–Trinajstić information content (AvgIpc) is 3.54. The third kappa shape index (κ3) is 4.85. The molecule has 0 radical (unpaired) electrons. The van der Waals surface area contributed by atoms with Crippen molar-refractivity contribution in [2.45, 2.75) is 25.2 Å². The summed E-state index contributed by atoms with van der Waals surface area (Å²) in [6, 6.07) is 13.2. The van der Waals surface area contributed by atoms with Gasteiger partial charge in [-0.2, -0.15) is 4.98 Å². The first kappa shape index (κ1) is 22.9. The van der Waals surface area contributed by atoms with E-state index in [4.69, 9.17) is 13.9 Å². The lowest BCUT2D eigenvalue weighted by Crippen LogP contribution is -2.48. The second-order valence-corrected chi connectivity index (χ2v) is 9.03. The molecule has 0 saturated carbocycles. The van der Waals surface area contributed by atoms with Crippen molar-refractivity contribution in [2.24, 2.45) is 0 Å². The molecule has 4 aromatic rings. The third-order valence-corrected chi connectivity index (χ3v) is 6.58. The molecule has 35 heavy (non-hydrogen) atoms. The highest BCUT2D eigenvalue weighted by atomic mass is 19.1. The molecule has 5 rings (SSSR count). The van der Waals surface area contributed by atoms with Gasteiger partial charge in [0.2, 0.25) is 17.6 Å². The summed E-state index contributed by atoms with van der Waals surface area (Å²) >= 11 is 0. The highest BCUT2D eigenvalue weighted by Crippen LogP contribution is 2.36. The van der Waals surface area contributed by atoms with E-state index in [9.17, 15) is 9.18 Å². The first-order chi connectivity index (χ1) is 16.9. The van der Waals surface area contributed by atoms with Crippen LogP contribution < -0.4 is 5.32 Å². The number of aryl methyl sites for hydroxylation is 1. The average molecular weight is 476 g/mol. The van der Waals surface area contributed by atoms with Gasteiger partial charge in [0.15, 0.2) is 0 Å². The number of likely N-dealkylation sites (tertiary alicyclic amines) is 1. The Morgan fingerprint density at radius 3 is 2.60 bits per heavy atom. The summed E-state index contributed by atoms with van der Waals surface area (Å²) in [5.41, 5.74) is 2.36. The SMILES string of the molecule is Cc1nc(-c2cccc(C(=O)NCC3(c4coc(-c5ccc(F)cc5)n4)CCN(C)CC3)c2)no1. The first-order valence-electron chi connectivity index (χ1n) is 11.5. The van der Waals surface area contributed by atoms with Gasteiger partial charge in [-0.15, -0.1) is 0 Å². The van der Waals surface area contributed by atoms with Gasteiger partial charge in [0.25, 0.3) is 5.91 Å². The molecule has 8 nitrogen and oxygen atoms in total. The van der Waals surface area contributed by atoms with Crippen LogP contribution in [0.5, 0.6) is 0 Å².